The van der Waals surface area contributed by atoms with Gasteiger partial charge in [0.2, 0.25) is 11.8 Å². The number of carboxylic acids is 1. The van der Waals surface area contributed by atoms with E-state index in [0.29, 0.717) is 51.4 Å². The van der Waals surface area contributed by atoms with E-state index >= 15 is 0 Å². The third-order valence-electron chi connectivity index (χ3n) is 20.4. The molecule has 20 nitrogen and oxygen atoms in total. The van der Waals surface area contributed by atoms with Gasteiger partial charge in [0.1, 0.15) is 30.5 Å². The summed E-state index contributed by atoms with van der Waals surface area (Å²) < 4.78 is 49.4. The van der Waals surface area contributed by atoms with E-state index in [-0.39, 0.29) is 44.9 Å². The molecule has 0 aromatic heterocycles. The molecule has 5 unspecified atom stereocenters. The van der Waals surface area contributed by atoms with Crippen molar-refractivity contribution in [3.05, 3.63) is 0 Å². The number of carbonyl (C=O) groups is 7. The second-order valence-electron chi connectivity index (χ2n) is 30.4. The van der Waals surface area contributed by atoms with Gasteiger partial charge in [-0.25, -0.2) is 4.57 Å². The normalized spacial score (nSPS) is 17.2. The quantitative estimate of drug-likeness (QED) is 0.0143. The number of amides is 2. The molecular formula is C83H155N2O18P. The van der Waals surface area contributed by atoms with Crippen LogP contribution in [0.3, 0.4) is 0 Å². The number of carbonyl (C=O) groups excluding carboxylic acids is 6. The van der Waals surface area contributed by atoms with Crippen LogP contribution in [0.15, 0.2) is 0 Å². The van der Waals surface area contributed by atoms with Crippen LogP contribution in [0.5, 0.6) is 0 Å². The van der Waals surface area contributed by atoms with Crippen LogP contribution in [0.25, 0.3) is 0 Å². The van der Waals surface area contributed by atoms with Gasteiger partial charge in [-0.3, -0.25) is 38.1 Å². The van der Waals surface area contributed by atoms with Crippen LogP contribution in [0.2, 0.25) is 0 Å². The Balaban J connectivity index is 3.89. The fourth-order valence-electron chi connectivity index (χ4n) is 14.2. The maximum Gasteiger partial charge on any atom is 0.470 e. The minimum Gasteiger partial charge on any atom is -0.481 e. The third kappa shape index (κ3) is 56.6. The predicted octanol–water partition coefficient (Wildman–Crippen LogP) is 20.5. The second-order valence-corrected chi connectivity index (χ2v) is 31.5. The molecule has 0 saturated carbocycles. The number of rotatable bonds is 74. The van der Waals surface area contributed by atoms with Crippen molar-refractivity contribution < 1.29 is 86.3 Å². The van der Waals surface area contributed by atoms with Gasteiger partial charge < -0.3 is 54.3 Å². The van der Waals surface area contributed by atoms with Gasteiger partial charge in [-0.1, -0.05) is 311 Å². The lowest BCUT2D eigenvalue weighted by molar-refractivity contribution is -0.210. The largest absolute Gasteiger partial charge is 0.481 e. The van der Waals surface area contributed by atoms with Gasteiger partial charge in [0.05, 0.1) is 44.4 Å². The highest BCUT2D eigenvalue weighted by molar-refractivity contribution is 7.46. The van der Waals surface area contributed by atoms with Crippen LogP contribution >= 0.6 is 7.82 Å². The maximum absolute atomic E-state index is 14.9. The Morgan fingerprint density at radius 2 is 0.683 bits per heavy atom. The van der Waals surface area contributed by atoms with E-state index in [1.165, 1.54) is 57.8 Å². The first-order valence-electron chi connectivity index (χ1n) is 42.9. The molecule has 0 aromatic rings. The molecule has 1 fully saturated rings. The molecule has 0 aliphatic carbocycles. The van der Waals surface area contributed by atoms with Crippen molar-refractivity contribution in [1.29, 1.82) is 0 Å². The number of aliphatic hydroxyl groups excluding tert-OH is 1. The number of hydrogen-bond donors (Lipinski definition) is 6. The van der Waals surface area contributed by atoms with Crippen molar-refractivity contribution in [3.63, 3.8) is 0 Å². The minimum absolute atomic E-state index is 0.133. The second kappa shape index (κ2) is 67.4. The van der Waals surface area contributed by atoms with E-state index in [0.717, 1.165) is 218 Å². The fourth-order valence-corrected chi connectivity index (χ4v) is 14.8. The van der Waals surface area contributed by atoms with Crippen LogP contribution in [0, 0.1) is 0 Å². The first-order valence-corrected chi connectivity index (χ1v) is 44.4. The molecule has 1 aliphatic heterocycles. The molecule has 21 heteroatoms. The van der Waals surface area contributed by atoms with Gasteiger partial charge in [-0.05, 0) is 70.6 Å². The van der Waals surface area contributed by atoms with E-state index in [2.05, 4.69) is 52.2 Å². The standard InChI is InChI=1S/C83H155N2O18P/c1-7-13-19-25-31-34-40-43-49-55-69(98-77(91)58-52-46-37-28-22-16-10-4)64-74(87)84-68(63-76(89)90)61-62-72-81(85-75(88)65-70(56-50-44-41-35-32-26-20-14-8-2)99-78(92)59-53-47-38-29-23-17-11-5)83(82(73(67-86)101-72)103-104(95,96)97)102-80(94)66-71(57-51-45-42-36-33-27-21-15-9-3)100-79(93)60-54-48-39-30-24-18-12-6/h68-73,81-83,86H,7-67H2,1-6H3,(H,84,87)(H,85,88)(H,89,90)(H2,95,96,97)/t68-,69+,70+,71+,72?,73?,81?,82?,83?/m0/s1. The number of phosphoric acid groups is 1. The van der Waals surface area contributed by atoms with Crippen LogP contribution in [-0.4, -0.2) is 123 Å². The summed E-state index contributed by atoms with van der Waals surface area (Å²) in [6.07, 6.45) is 39.7. The van der Waals surface area contributed by atoms with Crippen molar-refractivity contribution in [2.24, 2.45) is 0 Å². The van der Waals surface area contributed by atoms with Crippen molar-refractivity contribution in [1.82, 2.24) is 10.6 Å². The molecule has 2 amide bonds. The lowest BCUT2D eigenvalue weighted by Crippen LogP contribution is -2.66. The summed E-state index contributed by atoms with van der Waals surface area (Å²) in [4.78, 5) is 118. The van der Waals surface area contributed by atoms with Gasteiger partial charge in [-0.2, -0.15) is 0 Å². The Morgan fingerprint density at radius 1 is 0.375 bits per heavy atom. The lowest BCUT2D eigenvalue weighted by atomic mass is 9.88. The molecule has 0 aromatic carbocycles. The average Bonchev–Trinajstić information content (AvgIpc) is 0.780. The Morgan fingerprint density at radius 3 is 1.00 bits per heavy atom. The summed E-state index contributed by atoms with van der Waals surface area (Å²) in [5.41, 5.74) is 0. The Labute approximate surface area is 631 Å². The number of esters is 4. The topological polar surface area (TPSA) is 297 Å². The molecule has 1 aliphatic rings. The summed E-state index contributed by atoms with van der Waals surface area (Å²) in [7, 11) is -5.51. The van der Waals surface area contributed by atoms with Crippen molar-refractivity contribution >= 4 is 49.5 Å². The first kappa shape index (κ1) is 98.3. The predicted molar refractivity (Wildman–Crippen MR) is 415 cm³/mol. The molecule has 104 heavy (non-hydrogen) atoms. The van der Waals surface area contributed by atoms with Crippen LogP contribution in [0.4, 0.5) is 0 Å². The number of carboxylic acid groups (broad SMARTS) is 1. The van der Waals surface area contributed by atoms with Crippen molar-refractivity contribution in [2.45, 2.75) is 482 Å². The van der Waals surface area contributed by atoms with Crippen LogP contribution in [0.1, 0.15) is 427 Å². The molecule has 1 saturated heterocycles. The van der Waals surface area contributed by atoms with Gasteiger partial charge in [0.25, 0.3) is 0 Å². The Kier molecular flexibility index (Phi) is 63.8. The summed E-state index contributed by atoms with van der Waals surface area (Å²) in [5.74, 6) is -4.74. The van der Waals surface area contributed by atoms with Gasteiger partial charge >= 0.3 is 37.7 Å². The number of nitrogens with one attached hydrogen (secondary N) is 2. The molecule has 1 rings (SSSR count). The van der Waals surface area contributed by atoms with Crippen molar-refractivity contribution in [3.8, 4) is 0 Å². The molecule has 9 atom stereocenters. The van der Waals surface area contributed by atoms with E-state index in [4.69, 9.17) is 28.2 Å². The van der Waals surface area contributed by atoms with E-state index < -0.39 is 124 Å². The average molecular weight is 1500 g/mol. The maximum atomic E-state index is 14.9. The number of phosphoric ester groups is 1. The zero-order valence-electron chi connectivity index (χ0n) is 66.8. The molecule has 0 bridgehead atoms. The Bertz CT molecular complexity index is 2180. The number of aliphatic carboxylic acids is 1. The smallest absolute Gasteiger partial charge is 0.470 e. The summed E-state index contributed by atoms with van der Waals surface area (Å²) in [6.45, 7) is 12.1. The molecule has 6 N–H and O–H groups in total. The molecule has 610 valence electrons. The SMILES string of the molecule is CCCCCCCCCCC[C@H](CC(=O)NC1C(CC[C@@H](CC(=O)O)NC(=O)C[C@@H](CCCCCCCCCCC)OC(=O)CCCCCCCCC)OC(CO)C(OP(=O)(O)O)C1OC(=O)C[C@@H](CCCCCCCCCCC)OC(=O)CCCCCCCCC)OC(=O)CCCCCCCCC. The van der Waals surface area contributed by atoms with Crippen LogP contribution < -0.4 is 10.6 Å². The summed E-state index contributed by atoms with van der Waals surface area (Å²) in [6, 6.07) is -2.60. The molecule has 0 radical (unpaired) electrons. The highest BCUT2D eigenvalue weighted by Gasteiger charge is 2.52. The van der Waals surface area contributed by atoms with E-state index in [1.807, 2.05) is 0 Å². The highest BCUT2D eigenvalue weighted by Crippen LogP contribution is 2.43. The zero-order valence-corrected chi connectivity index (χ0v) is 67.7. The monoisotopic (exact) mass is 1500 g/mol. The Hall–Kier alpha value is -3.68. The van der Waals surface area contributed by atoms with Crippen molar-refractivity contribution in [2.75, 3.05) is 6.61 Å². The third-order valence-corrected chi connectivity index (χ3v) is 20.9. The number of hydrogen-bond acceptors (Lipinski definition) is 15. The highest BCUT2D eigenvalue weighted by atomic mass is 31.2. The van der Waals surface area contributed by atoms with E-state index in [1.54, 1.807) is 0 Å². The van der Waals surface area contributed by atoms with Gasteiger partial charge in [0, 0.05) is 25.3 Å². The molecule has 0 spiro atoms. The van der Waals surface area contributed by atoms with E-state index in [9.17, 15) is 58.1 Å². The minimum atomic E-state index is -5.51. The lowest BCUT2D eigenvalue weighted by Gasteiger charge is -2.46. The first-order chi connectivity index (χ1) is 50.3. The fraction of sp³-hybridized carbons (Fsp3) is 0.916. The molecule has 1 heterocycles. The summed E-state index contributed by atoms with van der Waals surface area (Å²) in [5, 5.41) is 27.2. The zero-order chi connectivity index (χ0) is 76.5. The number of ether oxygens (including phenoxy) is 5. The summed E-state index contributed by atoms with van der Waals surface area (Å²) >= 11 is 0. The van der Waals surface area contributed by atoms with Crippen LogP contribution in [-0.2, 0) is 66.3 Å². The van der Waals surface area contributed by atoms with Gasteiger partial charge in [0.15, 0.2) is 6.10 Å². The molecular weight excluding hydrogens is 1340 g/mol. The number of aliphatic hydroxyl groups is 1. The van der Waals surface area contributed by atoms with Gasteiger partial charge in [-0.15, -0.1) is 0 Å². The number of unbranched alkanes of at least 4 members (excludes halogenated alkanes) is 42.